The summed E-state index contributed by atoms with van der Waals surface area (Å²) in [6.07, 6.45) is 6.14. The Kier molecular flexibility index (Phi) is 3.77. The highest BCUT2D eigenvalue weighted by Gasteiger charge is 2.05. The number of nitrogens with one attached hydrogen (secondary N) is 2. The van der Waals surface area contributed by atoms with E-state index in [9.17, 15) is 4.79 Å². The van der Waals surface area contributed by atoms with E-state index in [2.05, 4.69) is 32.5 Å². The van der Waals surface area contributed by atoms with Gasteiger partial charge in [-0.1, -0.05) is 12.8 Å². The Bertz CT molecular complexity index is 497. The van der Waals surface area contributed by atoms with E-state index in [1.807, 2.05) is 12.1 Å². The zero-order valence-corrected chi connectivity index (χ0v) is 9.95. The van der Waals surface area contributed by atoms with Crippen molar-refractivity contribution in [1.29, 1.82) is 0 Å². The van der Waals surface area contributed by atoms with Gasteiger partial charge in [-0.25, -0.2) is 4.98 Å². The molecule has 0 aromatic carbocycles. The van der Waals surface area contributed by atoms with Crippen LogP contribution in [0.4, 0.5) is 0 Å². The summed E-state index contributed by atoms with van der Waals surface area (Å²) in [5.74, 6) is 0.670. The molecule has 0 radical (unpaired) electrons. The number of thiol groups is 1. The first-order valence-electron chi connectivity index (χ1n) is 5.17. The Balaban J connectivity index is 2.04. The van der Waals surface area contributed by atoms with Crippen LogP contribution in [0, 0.1) is 0 Å². The first-order valence-corrected chi connectivity index (χ1v) is 5.61. The van der Waals surface area contributed by atoms with E-state index in [0.717, 1.165) is 17.1 Å². The molecular weight excluding hydrogens is 236 g/mol. The van der Waals surface area contributed by atoms with Gasteiger partial charge in [-0.15, -0.1) is 0 Å². The van der Waals surface area contributed by atoms with Gasteiger partial charge in [-0.3, -0.25) is 9.78 Å². The van der Waals surface area contributed by atoms with Crippen LogP contribution in [-0.2, 0) is 11.2 Å². The molecule has 0 saturated heterocycles. The van der Waals surface area contributed by atoms with Gasteiger partial charge in [-0.2, -0.15) is 0 Å². The fraction of sp³-hybridized carbons (Fsp3) is 0.182. The first-order chi connectivity index (χ1) is 8.29. The lowest BCUT2D eigenvalue weighted by Crippen LogP contribution is -2.13. The maximum Gasteiger partial charge on any atom is 0.230 e. The summed E-state index contributed by atoms with van der Waals surface area (Å²) in [4.78, 5) is 22.4. The van der Waals surface area contributed by atoms with Crippen LogP contribution in [0.3, 0.4) is 0 Å². The maximum absolute atomic E-state index is 11.0. The molecule has 6 heteroatoms. The molecular formula is C11H12N4OS. The first kappa shape index (κ1) is 11.7. The van der Waals surface area contributed by atoms with E-state index in [-0.39, 0.29) is 5.91 Å². The van der Waals surface area contributed by atoms with E-state index in [1.54, 1.807) is 18.6 Å². The number of aryl methyl sites for hydroxylation is 1. The van der Waals surface area contributed by atoms with Crippen molar-refractivity contribution in [3.63, 3.8) is 0 Å². The minimum Gasteiger partial charge on any atom is -0.342 e. The van der Waals surface area contributed by atoms with Gasteiger partial charge in [0.2, 0.25) is 5.91 Å². The minimum atomic E-state index is -0.116. The standard InChI is InChI=1S/C11H12N4OS/c16-11(15-17)2-1-10-13-7-9(14-10)8-3-5-12-6-4-8/h3-7,17H,1-2H2,(H,13,14)(H,15,16). The van der Waals surface area contributed by atoms with E-state index >= 15 is 0 Å². The predicted molar refractivity (Wildman–Crippen MR) is 67.3 cm³/mol. The highest BCUT2D eigenvalue weighted by molar-refractivity contribution is 7.78. The Morgan fingerprint density at radius 3 is 2.88 bits per heavy atom. The summed E-state index contributed by atoms with van der Waals surface area (Å²) >= 11 is 3.69. The molecule has 88 valence electrons. The van der Waals surface area contributed by atoms with Gasteiger partial charge in [0.1, 0.15) is 5.82 Å². The van der Waals surface area contributed by atoms with Crippen LogP contribution in [0.5, 0.6) is 0 Å². The van der Waals surface area contributed by atoms with Crippen LogP contribution in [0.1, 0.15) is 12.2 Å². The Labute approximate surface area is 104 Å². The number of aromatic nitrogens is 3. The number of hydrogen-bond acceptors (Lipinski definition) is 4. The topological polar surface area (TPSA) is 70.7 Å². The summed E-state index contributed by atoms with van der Waals surface area (Å²) in [5.41, 5.74) is 1.95. The van der Waals surface area contributed by atoms with Gasteiger partial charge in [0.25, 0.3) is 0 Å². The summed E-state index contributed by atoms with van der Waals surface area (Å²) < 4.78 is 2.28. The SMILES string of the molecule is O=C(CCc1ncc(-c2ccncc2)[nH]1)NS. The molecule has 0 atom stereocenters. The summed E-state index contributed by atoms with van der Waals surface area (Å²) in [7, 11) is 0. The van der Waals surface area contributed by atoms with Crippen LogP contribution < -0.4 is 4.72 Å². The molecule has 0 spiro atoms. The number of hydrogen-bond donors (Lipinski definition) is 3. The van der Waals surface area contributed by atoms with E-state index < -0.39 is 0 Å². The van der Waals surface area contributed by atoms with Crippen LogP contribution in [0.2, 0.25) is 0 Å². The second kappa shape index (κ2) is 5.49. The molecule has 0 aliphatic carbocycles. The van der Waals surface area contributed by atoms with Crippen molar-refractivity contribution < 1.29 is 4.79 Å². The third-order valence-electron chi connectivity index (χ3n) is 2.33. The number of pyridine rings is 1. The van der Waals surface area contributed by atoms with Crippen molar-refractivity contribution in [2.24, 2.45) is 0 Å². The lowest BCUT2D eigenvalue weighted by molar-refractivity contribution is -0.119. The van der Waals surface area contributed by atoms with Gasteiger partial charge in [0.05, 0.1) is 11.9 Å². The number of nitrogens with zero attached hydrogens (tertiary/aromatic N) is 2. The Morgan fingerprint density at radius 2 is 2.18 bits per heavy atom. The van der Waals surface area contributed by atoms with Crippen molar-refractivity contribution in [2.45, 2.75) is 12.8 Å². The molecule has 0 unspecified atom stereocenters. The average Bonchev–Trinajstić information content (AvgIpc) is 2.86. The molecule has 0 aliphatic rings. The van der Waals surface area contributed by atoms with Crippen LogP contribution in [0.25, 0.3) is 11.3 Å². The number of aromatic amines is 1. The molecule has 0 fully saturated rings. The molecule has 0 aliphatic heterocycles. The number of carbonyl (C=O) groups is 1. The van der Waals surface area contributed by atoms with Gasteiger partial charge in [-0.05, 0) is 12.1 Å². The maximum atomic E-state index is 11.0. The molecule has 1 amide bonds. The van der Waals surface area contributed by atoms with Crippen molar-refractivity contribution in [2.75, 3.05) is 0 Å². The van der Waals surface area contributed by atoms with Crippen LogP contribution in [-0.4, -0.2) is 20.9 Å². The van der Waals surface area contributed by atoms with Gasteiger partial charge in [0, 0.05) is 30.8 Å². The number of carbonyl (C=O) groups excluding carboxylic acids is 1. The number of imidazole rings is 1. The average molecular weight is 248 g/mol. The summed E-state index contributed by atoms with van der Waals surface area (Å²) in [5, 5.41) is 0. The molecule has 2 aromatic heterocycles. The molecule has 2 aromatic rings. The van der Waals surface area contributed by atoms with Crippen LogP contribution >= 0.6 is 12.8 Å². The monoisotopic (exact) mass is 248 g/mol. The molecule has 2 N–H and O–H groups in total. The number of H-pyrrole nitrogens is 1. The van der Waals surface area contributed by atoms with Gasteiger partial charge >= 0.3 is 0 Å². The van der Waals surface area contributed by atoms with E-state index in [0.29, 0.717) is 12.8 Å². The molecule has 2 heterocycles. The highest BCUT2D eigenvalue weighted by Crippen LogP contribution is 2.15. The molecule has 0 saturated carbocycles. The number of rotatable bonds is 4. The van der Waals surface area contributed by atoms with Crippen molar-refractivity contribution in [3.8, 4) is 11.3 Å². The Morgan fingerprint density at radius 1 is 1.41 bits per heavy atom. The third kappa shape index (κ3) is 3.07. The highest BCUT2D eigenvalue weighted by atomic mass is 32.1. The molecule has 0 bridgehead atoms. The fourth-order valence-electron chi connectivity index (χ4n) is 1.46. The normalized spacial score (nSPS) is 10.2. The van der Waals surface area contributed by atoms with E-state index in [4.69, 9.17) is 0 Å². The largest absolute Gasteiger partial charge is 0.342 e. The quantitative estimate of drug-likeness (QED) is 0.716. The predicted octanol–water partition coefficient (Wildman–Crippen LogP) is 1.37. The zero-order chi connectivity index (χ0) is 12.1. The molecule has 5 nitrogen and oxygen atoms in total. The van der Waals surface area contributed by atoms with Crippen molar-refractivity contribution in [3.05, 3.63) is 36.5 Å². The fourth-order valence-corrected chi connectivity index (χ4v) is 1.57. The van der Waals surface area contributed by atoms with E-state index in [1.165, 1.54) is 0 Å². The minimum absolute atomic E-state index is 0.116. The molecule has 17 heavy (non-hydrogen) atoms. The Hall–Kier alpha value is -1.82. The zero-order valence-electron chi connectivity index (χ0n) is 9.05. The lowest BCUT2D eigenvalue weighted by atomic mass is 10.2. The van der Waals surface area contributed by atoms with Gasteiger partial charge < -0.3 is 9.71 Å². The van der Waals surface area contributed by atoms with Crippen molar-refractivity contribution in [1.82, 2.24) is 19.7 Å². The second-order valence-corrected chi connectivity index (χ2v) is 3.74. The third-order valence-corrected chi connectivity index (χ3v) is 2.58. The summed E-state index contributed by atoms with van der Waals surface area (Å²) in [6.45, 7) is 0. The lowest BCUT2D eigenvalue weighted by Gasteiger charge is -1.97. The molecule has 2 rings (SSSR count). The second-order valence-electron chi connectivity index (χ2n) is 3.51. The van der Waals surface area contributed by atoms with Crippen LogP contribution in [0.15, 0.2) is 30.7 Å². The van der Waals surface area contributed by atoms with Gasteiger partial charge in [0.15, 0.2) is 0 Å². The smallest absolute Gasteiger partial charge is 0.230 e. The number of amides is 1. The van der Waals surface area contributed by atoms with Crippen molar-refractivity contribution >= 4 is 18.7 Å². The summed E-state index contributed by atoms with van der Waals surface area (Å²) in [6, 6.07) is 3.80.